The van der Waals surface area contributed by atoms with Crippen LogP contribution >= 0.6 is 0 Å². The summed E-state index contributed by atoms with van der Waals surface area (Å²) in [6.45, 7) is 15.2. The zero-order chi connectivity index (χ0) is 13.7. The van der Waals surface area contributed by atoms with Crippen molar-refractivity contribution in [3.05, 3.63) is 49.6 Å². The molecule has 0 aromatic rings. The van der Waals surface area contributed by atoms with Crippen LogP contribution in [-0.4, -0.2) is 0 Å². The van der Waals surface area contributed by atoms with E-state index in [9.17, 15) is 0 Å². The van der Waals surface area contributed by atoms with Crippen LogP contribution in [0.25, 0.3) is 0 Å². The van der Waals surface area contributed by atoms with Gasteiger partial charge < -0.3 is 0 Å². The van der Waals surface area contributed by atoms with E-state index in [2.05, 4.69) is 38.2 Å². The van der Waals surface area contributed by atoms with E-state index in [1.807, 2.05) is 52.0 Å². The van der Waals surface area contributed by atoms with E-state index >= 15 is 0 Å². The third kappa shape index (κ3) is 54.5. The summed E-state index contributed by atoms with van der Waals surface area (Å²) in [6.07, 6.45) is 21.8. The minimum atomic E-state index is 0.943. The predicted molar refractivity (Wildman–Crippen MR) is 80.5 cm³/mol. The van der Waals surface area contributed by atoms with Gasteiger partial charge in [-0.05, 0) is 12.8 Å². The first kappa shape index (κ1) is 24.0. The highest BCUT2D eigenvalue weighted by Crippen LogP contribution is 1.87. The van der Waals surface area contributed by atoms with Crippen LogP contribution in [0.5, 0.6) is 0 Å². The molecule has 16 heavy (non-hydrogen) atoms. The third-order valence-corrected chi connectivity index (χ3v) is 0.989. The summed E-state index contributed by atoms with van der Waals surface area (Å²) < 4.78 is 0. The van der Waals surface area contributed by atoms with Crippen molar-refractivity contribution in [2.75, 3.05) is 0 Å². The number of hydrogen-bond donors (Lipinski definition) is 0. The molecular weight excluding hydrogens is 192 g/mol. The topological polar surface area (TPSA) is 0 Å². The fourth-order valence-electron chi connectivity index (χ4n) is 0.507. The molecule has 0 heteroatoms. The van der Waals surface area contributed by atoms with Gasteiger partial charge in [-0.2, -0.15) is 0 Å². The first-order chi connectivity index (χ1) is 7.91. The molecule has 0 aromatic carbocycles. The molecule has 0 rings (SSSR count). The SMILES string of the molecule is C#C.C=CC/C=C\C=C/CC=C.CC.CC. The summed E-state index contributed by atoms with van der Waals surface area (Å²) >= 11 is 0. The Morgan fingerprint density at radius 1 is 0.750 bits per heavy atom. The Hall–Kier alpha value is -1.48. The van der Waals surface area contributed by atoms with Gasteiger partial charge in [-0.15, -0.1) is 26.0 Å². The van der Waals surface area contributed by atoms with E-state index in [-0.39, 0.29) is 0 Å². The summed E-state index contributed by atoms with van der Waals surface area (Å²) in [4.78, 5) is 0. The summed E-state index contributed by atoms with van der Waals surface area (Å²) in [5, 5.41) is 0. The minimum Gasteiger partial charge on any atom is -0.124 e. The molecule has 0 fully saturated rings. The van der Waals surface area contributed by atoms with Gasteiger partial charge in [-0.1, -0.05) is 64.2 Å². The standard InChI is InChI=1S/C10H14.2C2H6.C2H2/c1-3-5-7-9-10-8-6-4-2;3*1-2/h3-4,7-10H,1-2,5-6H2;2*1-2H3;1-2H/b9-7-,10-8-;;;. The Balaban J connectivity index is -0.000000103. The van der Waals surface area contributed by atoms with Gasteiger partial charge in [0.1, 0.15) is 0 Å². The Labute approximate surface area is 103 Å². The molecular formula is C16H28. The lowest BCUT2D eigenvalue weighted by Crippen LogP contribution is -1.55. The normalized spacial score (nSPS) is 7.62. The van der Waals surface area contributed by atoms with E-state index < -0.39 is 0 Å². The summed E-state index contributed by atoms with van der Waals surface area (Å²) in [7, 11) is 0. The van der Waals surface area contributed by atoms with Crippen molar-refractivity contribution >= 4 is 0 Å². The van der Waals surface area contributed by atoms with E-state index in [4.69, 9.17) is 0 Å². The highest BCUT2D eigenvalue weighted by Gasteiger charge is 1.65. The zero-order valence-corrected chi connectivity index (χ0v) is 11.4. The second-order valence-electron chi connectivity index (χ2n) is 1.91. The molecule has 0 amide bonds. The molecule has 0 aliphatic rings. The average molecular weight is 220 g/mol. The number of terminal acetylenes is 1. The maximum Gasteiger partial charge on any atom is -0.0169 e. The lowest BCUT2D eigenvalue weighted by Gasteiger charge is -1.77. The number of allylic oxidation sites excluding steroid dienone is 6. The lowest BCUT2D eigenvalue weighted by atomic mass is 10.3. The van der Waals surface area contributed by atoms with Crippen LogP contribution in [-0.2, 0) is 0 Å². The first-order valence-corrected chi connectivity index (χ1v) is 5.78. The molecule has 0 saturated carbocycles. The van der Waals surface area contributed by atoms with E-state index in [0.29, 0.717) is 0 Å². The van der Waals surface area contributed by atoms with Crippen molar-refractivity contribution < 1.29 is 0 Å². The highest BCUT2D eigenvalue weighted by molar-refractivity contribution is 5.05. The van der Waals surface area contributed by atoms with Crippen LogP contribution in [0.15, 0.2) is 49.6 Å². The minimum absolute atomic E-state index is 0.943. The second kappa shape index (κ2) is 49.9. The number of rotatable bonds is 5. The van der Waals surface area contributed by atoms with Gasteiger partial charge in [0.15, 0.2) is 0 Å². The fraction of sp³-hybridized carbons (Fsp3) is 0.375. The molecule has 92 valence electrons. The van der Waals surface area contributed by atoms with E-state index in [0.717, 1.165) is 12.8 Å². The highest BCUT2D eigenvalue weighted by atomic mass is 13.7. The van der Waals surface area contributed by atoms with Gasteiger partial charge in [0.25, 0.3) is 0 Å². The van der Waals surface area contributed by atoms with Crippen molar-refractivity contribution in [3.63, 3.8) is 0 Å². The van der Waals surface area contributed by atoms with Crippen molar-refractivity contribution in [3.8, 4) is 12.8 Å². The van der Waals surface area contributed by atoms with Crippen LogP contribution in [0.4, 0.5) is 0 Å². The first-order valence-electron chi connectivity index (χ1n) is 5.78. The largest absolute Gasteiger partial charge is 0.124 e. The Morgan fingerprint density at radius 2 is 1.00 bits per heavy atom. The smallest absolute Gasteiger partial charge is 0.0169 e. The van der Waals surface area contributed by atoms with Gasteiger partial charge >= 0.3 is 0 Å². The van der Waals surface area contributed by atoms with Crippen LogP contribution in [0.1, 0.15) is 40.5 Å². The molecule has 0 aliphatic carbocycles. The third-order valence-electron chi connectivity index (χ3n) is 0.989. The fourth-order valence-corrected chi connectivity index (χ4v) is 0.507. The van der Waals surface area contributed by atoms with Crippen LogP contribution < -0.4 is 0 Å². The van der Waals surface area contributed by atoms with Crippen LogP contribution in [0.3, 0.4) is 0 Å². The molecule has 0 unspecified atom stereocenters. The van der Waals surface area contributed by atoms with Crippen molar-refractivity contribution in [2.24, 2.45) is 0 Å². The van der Waals surface area contributed by atoms with Gasteiger partial charge in [-0.3, -0.25) is 0 Å². The molecule has 0 nitrogen and oxygen atoms in total. The molecule has 0 spiro atoms. The molecule has 0 atom stereocenters. The second-order valence-corrected chi connectivity index (χ2v) is 1.91. The molecule has 0 N–H and O–H groups in total. The Morgan fingerprint density at radius 3 is 1.19 bits per heavy atom. The maximum atomic E-state index is 4.00. The molecule has 0 aromatic heterocycles. The molecule has 0 heterocycles. The number of hydrogen-bond acceptors (Lipinski definition) is 0. The van der Waals surface area contributed by atoms with Crippen molar-refractivity contribution in [1.29, 1.82) is 0 Å². The summed E-state index contributed by atoms with van der Waals surface area (Å²) in [5.41, 5.74) is 0. The maximum absolute atomic E-state index is 4.00. The summed E-state index contributed by atoms with van der Waals surface area (Å²) in [6, 6.07) is 0. The monoisotopic (exact) mass is 220 g/mol. The van der Waals surface area contributed by atoms with Gasteiger partial charge in [-0.25, -0.2) is 0 Å². The van der Waals surface area contributed by atoms with Crippen molar-refractivity contribution in [1.82, 2.24) is 0 Å². The lowest BCUT2D eigenvalue weighted by molar-refractivity contribution is 1.38. The quantitative estimate of drug-likeness (QED) is 0.323. The Bertz CT molecular complexity index is 150. The van der Waals surface area contributed by atoms with Gasteiger partial charge in [0.05, 0.1) is 0 Å². The molecule has 0 bridgehead atoms. The van der Waals surface area contributed by atoms with Gasteiger partial charge in [0.2, 0.25) is 0 Å². The van der Waals surface area contributed by atoms with Crippen LogP contribution in [0.2, 0.25) is 0 Å². The average Bonchev–Trinajstić information content (AvgIpc) is 2.41. The molecule has 0 aliphatic heterocycles. The van der Waals surface area contributed by atoms with Crippen molar-refractivity contribution in [2.45, 2.75) is 40.5 Å². The Kier molecular flexibility index (Phi) is 74.7. The predicted octanol–water partition coefficient (Wildman–Crippen LogP) is 5.55. The van der Waals surface area contributed by atoms with E-state index in [1.54, 1.807) is 0 Å². The molecule has 0 radical (unpaired) electrons. The van der Waals surface area contributed by atoms with Gasteiger partial charge in [0, 0.05) is 0 Å². The van der Waals surface area contributed by atoms with Crippen LogP contribution in [0, 0.1) is 12.8 Å². The summed E-state index contributed by atoms with van der Waals surface area (Å²) in [5.74, 6) is 0. The zero-order valence-electron chi connectivity index (χ0n) is 11.4. The van der Waals surface area contributed by atoms with E-state index in [1.165, 1.54) is 0 Å². The molecule has 0 saturated heterocycles.